The van der Waals surface area contributed by atoms with Crippen LogP contribution >= 0.6 is 0 Å². The number of hydrogen-bond donors (Lipinski definition) is 0. The fraction of sp³-hybridized carbons (Fsp3) is 0.923. The van der Waals surface area contributed by atoms with Crippen molar-refractivity contribution in [2.45, 2.75) is 66.2 Å². The van der Waals surface area contributed by atoms with Crippen LogP contribution in [0.5, 0.6) is 0 Å². The van der Waals surface area contributed by atoms with Gasteiger partial charge in [-0.3, -0.25) is 0 Å². The highest BCUT2D eigenvalue weighted by atomic mass is 16.1. The van der Waals surface area contributed by atoms with Crippen LogP contribution in [0.2, 0.25) is 0 Å². The maximum absolute atomic E-state index is 8.00. The van der Waals surface area contributed by atoms with E-state index in [2.05, 4.69) is 13.8 Å². The van der Waals surface area contributed by atoms with Crippen molar-refractivity contribution in [3.63, 3.8) is 0 Å². The molecule has 0 aromatic rings. The predicted molar refractivity (Wildman–Crippen MR) is 64.5 cm³/mol. The van der Waals surface area contributed by atoms with Crippen molar-refractivity contribution in [3.05, 3.63) is 0 Å². The van der Waals surface area contributed by atoms with E-state index in [-0.39, 0.29) is 0 Å². The normalized spacial score (nSPS) is 25.1. The molecule has 0 saturated heterocycles. The molecule has 0 aliphatic heterocycles. The zero-order chi connectivity index (χ0) is 11.4. The second-order valence-corrected chi connectivity index (χ2v) is 3.91. The van der Waals surface area contributed by atoms with Crippen LogP contribution in [-0.4, -0.2) is 6.79 Å². The lowest BCUT2D eigenvalue weighted by Crippen LogP contribution is -2.11. The topological polar surface area (TPSA) is 17.1 Å². The average molecular weight is 200 g/mol. The van der Waals surface area contributed by atoms with Gasteiger partial charge >= 0.3 is 0 Å². The highest BCUT2D eigenvalue weighted by Gasteiger charge is 2.16. The summed E-state index contributed by atoms with van der Waals surface area (Å²) in [5.41, 5.74) is 0. The summed E-state index contributed by atoms with van der Waals surface area (Å²) in [4.78, 5) is 8.00. The third-order valence-corrected chi connectivity index (χ3v) is 2.83. The minimum absolute atomic E-state index is 1.02. The van der Waals surface area contributed by atoms with Crippen molar-refractivity contribution < 1.29 is 4.79 Å². The maximum atomic E-state index is 8.00. The Morgan fingerprint density at radius 3 is 1.86 bits per heavy atom. The smallest absolute Gasteiger partial charge is 0.106 e. The fourth-order valence-electron chi connectivity index (χ4n) is 2.03. The Labute approximate surface area is 90.3 Å². The summed E-state index contributed by atoms with van der Waals surface area (Å²) in [5.74, 6) is 2.11. The Hall–Kier alpha value is -0.330. The summed E-state index contributed by atoms with van der Waals surface area (Å²) in [6.45, 7) is 10.7. The van der Waals surface area contributed by atoms with E-state index in [0.717, 1.165) is 11.8 Å². The van der Waals surface area contributed by atoms with Crippen molar-refractivity contribution >= 4 is 6.79 Å². The van der Waals surface area contributed by atoms with Gasteiger partial charge in [-0.15, -0.1) is 0 Å². The molecule has 0 atom stereocenters. The van der Waals surface area contributed by atoms with E-state index in [1.54, 1.807) is 0 Å². The summed E-state index contributed by atoms with van der Waals surface area (Å²) in [6, 6.07) is 0. The minimum atomic E-state index is 1.02. The summed E-state index contributed by atoms with van der Waals surface area (Å²) >= 11 is 0. The van der Waals surface area contributed by atoms with Crippen molar-refractivity contribution in [3.8, 4) is 0 Å². The Balaban J connectivity index is 0. The van der Waals surface area contributed by atoms with Crippen molar-refractivity contribution in [1.82, 2.24) is 0 Å². The molecule has 0 bridgehead atoms. The molecule has 86 valence electrons. The van der Waals surface area contributed by atoms with E-state index < -0.39 is 0 Å². The predicted octanol–water partition coefficient (Wildman–Crippen LogP) is 4.45. The molecule has 0 amide bonds. The monoisotopic (exact) mass is 200 g/mol. The van der Waals surface area contributed by atoms with Crippen LogP contribution in [-0.2, 0) is 4.79 Å². The van der Waals surface area contributed by atoms with Crippen LogP contribution in [0.25, 0.3) is 0 Å². The zero-order valence-electron chi connectivity index (χ0n) is 10.5. The van der Waals surface area contributed by atoms with E-state index in [0.29, 0.717) is 0 Å². The largest absolute Gasteiger partial charge is 0.307 e. The first kappa shape index (κ1) is 16.1. The van der Waals surface area contributed by atoms with Crippen LogP contribution in [0.1, 0.15) is 66.2 Å². The first-order valence-corrected chi connectivity index (χ1v) is 6.11. The molecule has 14 heavy (non-hydrogen) atoms. The molecule has 1 heteroatoms. The lowest BCUT2D eigenvalue weighted by Gasteiger charge is -2.25. The van der Waals surface area contributed by atoms with Crippen LogP contribution in [0.3, 0.4) is 0 Å². The van der Waals surface area contributed by atoms with Crippen LogP contribution < -0.4 is 0 Å². The van der Waals surface area contributed by atoms with Gasteiger partial charge in [0.2, 0.25) is 0 Å². The van der Waals surface area contributed by atoms with Gasteiger partial charge < -0.3 is 4.79 Å². The molecule has 1 nitrogen and oxygen atoms in total. The maximum Gasteiger partial charge on any atom is 0.106 e. The molecular formula is C13H28O. The Morgan fingerprint density at radius 2 is 1.50 bits per heavy atom. The van der Waals surface area contributed by atoms with Gasteiger partial charge in [0.1, 0.15) is 6.79 Å². The molecule has 0 aromatic heterocycles. The van der Waals surface area contributed by atoms with Gasteiger partial charge in [0.05, 0.1) is 0 Å². The Morgan fingerprint density at radius 1 is 1.07 bits per heavy atom. The second kappa shape index (κ2) is 12.7. The molecule has 0 spiro atoms. The molecule has 1 aliphatic carbocycles. The number of carbonyl (C=O) groups excluding carboxylic acids is 1. The Bertz CT molecular complexity index is 93.4. The van der Waals surface area contributed by atoms with Gasteiger partial charge in [0.25, 0.3) is 0 Å². The van der Waals surface area contributed by atoms with Crippen molar-refractivity contribution in [2.24, 2.45) is 11.8 Å². The first-order valence-electron chi connectivity index (χ1n) is 6.11. The summed E-state index contributed by atoms with van der Waals surface area (Å²) in [6.07, 6.45) is 8.87. The lowest BCUT2D eigenvalue weighted by atomic mass is 9.81. The molecule has 1 saturated carbocycles. The van der Waals surface area contributed by atoms with Gasteiger partial charge in [0, 0.05) is 0 Å². The van der Waals surface area contributed by atoms with Gasteiger partial charge in [-0.2, -0.15) is 0 Å². The van der Waals surface area contributed by atoms with Crippen LogP contribution in [0.4, 0.5) is 0 Å². The van der Waals surface area contributed by atoms with Crippen molar-refractivity contribution in [1.29, 1.82) is 0 Å². The quantitative estimate of drug-likeness (QED) is 0.643. The number of carbonyl (C=O) groups is 1. The van der Waals surface area contributed by atoms with Gasteiger partial charge in [0.15, 0.2) is 0 Å². The molecule has 1 fully saturated rings. The van der Waals surface area contributed by atoms with Gasteiger partial charge in [-0.25, -0.2) is 0 Å². The van der Waals surface area contributed by atoms with Gasteiger partial charge in [-0.05, 0) is 11.8 Å². The van der Waals surface area contributed by atoms with Crippen LogP contribution in [0, 0.1) is 11.8 Å². The zero-order valence-corrected chi connectivity index (χ0v) is 10.5. The van der Waals surface area contributed by atoms with E-state index in [9.17, 15) is 0 Å². The average Bonchev–Trinajstić information content (AvgIpc) is 2.28. The lowest BCUT2D eigenvalue weighted by molar-refractivity contribution is -0.0979. The van der Waals surface area contributed by atoms with E-state index in [1.165, 1.54) is 38.5 Å². The highest BCUT2D eigenvalue weighted by molar-refractivity contribution is 5.10. The van der Waals surface area contributed by atoms with Crippen LogP contribution in [0.15, 0.2) is 0 Å². The molecule has 0 radical (unpaired) electrons. The van der Waals surface area contributed by atoms with E-state index >= 15 is 0 Å². The van der Waals surface area contributed by atoms with Gasteiger partial charge in [-0.1, -0.05) is 66.2 Å². The standard InChI is InChI=1S/C10H20.C2H6.CH2O/c1-3-4-10-7-5-9(2)6-8-10;2*1-2/h9-10H,3-8H2,1-2H3;1-2H3;1H2. The summed E-state index contributed by atoms with van der Waals surface area (Å²) < 4.78 is 0. The molecule has 1 rings (SSSR count). The SMILES string of the molecule is C=O.CC.CCCC1CCC(C)CC1. The molecule has 1 aliphatic rings. The molecule has 0 heterocycles. The molecule has 0 aromatic carbocycles. The van der Waals surface area contributed by atoms with E-state index in [4.69, 9.17) is 4.79 Å². The van der Waals surface area contributed by atoms with E-state index in [1.807, 2.05) is 20.6 Å². The summed E-state index contributed by atoms with van der Waals surface area (Å²) in [7, 11) is 0. The second-order valence-electron chi connectivity index (χ2n) is 3.91. The third kappa shape index (κ3) is 8.28. The molecular weight excluding hydrogens is 172 g/mol. The number of rotatable bonds is 2. The highest BCUT2D eigenvalue weighted by Crippen LogP contribution is 2.30. The van der Waals surface area contributed by atoms with Crippen molar-refractivity contribution in [2.75, 3.05) is 0 Å². The minimum Gasteiger partial charge on any atom is -0.307 e. The summed E-state index contributed by atoms with van der Waals surface area (Å²) in [5, 5.41) is 0. The number of hydrogen-bond acceptors (Lipinski definition) is 1. The third-order valence-electron chi connectivity index (χ3n) is 2.83. The fourth-order valence-corrected chi connectivity index (χ4v) is 2.03. The molecule has 0 unspecified atom stereocenters. The first-order chi connectivity index (χ1) is 6.83. The molecule has 0 N–H and O–H groups in total. The Kier molecular flexibility index (Phi) is 14.6.